The van der Waals surface area contributed by atoms with Crippen molar-refractivity contribution in [3.8, 4) is 11.5 Å². The first-order chi connectivity index (χ1) is 18.3. The van der Waals surface area contributed by atoms with Gasteiger partial charge in [0.05, 0.1) is 25.4 Å². The highest BCUT2D eigenvalue weighted by atomic mass is 16.7. The van der Waals surface area contributed by atoms with Crippen molar-refractivity contribution in [2.45, 2.75) is 117 Å². The summed E-state index contributed by atoms with van der Waals surface area (Å²) in [6.45, 7) is 22.1. The summed E-state index contributed by atoms with van der Waals surface area (Å²) in [5.74, 6) is 0.504. The van der Waals surface area contributed by atoms with E-state index in [1.807, 2.05) is 64.1 Å². The van der Waals surface area contributed by atoms with Gasteiger partial charge in [0.1, 0.15) is 11.5 Å². The summed E-state index contributed by atoms with van der Waals surface area (Å²) in [4.78, 5) is 0. The molecule has 0 saturated heterocycles. The summed E-state index contributed by atoms with van der Waals surface area (Å²) < 4.78 is 22.7. The van der Waals surface area contributed by atoms with E-state index in [0.29, 0.717) is 26.3 Å². The van der Waals surface area contributed by atoms with Crippen LogP contribution < -0.4 is 20.1 Å². The Labute approximate surface area is 240 Å². The molecule has 8 nitrogen and oxygen atoms in total. The van der Waals surface area contributed by atoms with Crippen molar-refractivity contribution in [1.29, 1.82) is 0 Å². The van der Waals surface area contributed by atoms with Gasteiger partial charge < -0.3 is 39.8 Å². The average Bonchev–Trinajstić information content (AvgIpc) is 2.83. The normalized spacial score (nSPS) is 19.1. The van der Waals surface area contributed by atoms with Crippen molar-refractivity contribution in [3.63, 3.8) is 0 Å². The average molecular weight is 559 g/mol. The Balaban J connectivity index is 0.000000220. The molecular formula is C32H50N2O6. The Bertz CT molecular complexity index is 1040. The van der Waals surface area contributed by atoms with Crippen molar-refractivity contribution >= 4 is 0 Å². The summed E-state index contributed by atoms with van der Waals surface area (Å²) in [6, 6.07) is 11.6. The highest BCUT2D eigenvalue weighted by molar-refractivity contribution is 5.40. The zero-order valence-electron chi connectivity index (χ0n) is 26.0. The lowest BCUT2D eigenvalue weighted by Gasteiger charge is -2.33. The van der Waals surface area contributed by atoms with E-state index in [2.05, 4.69) is 52.2 Å². The van der Waals surface area contributed by atoms with Gasteiger partial charge in [-0.2, -0.15) is 0 Å². The Morgan fingerprint density at radius 2 is 1.02 bits per heavy atom. The molecule has 0 aliphatic carbocycles. The van der Waals surface area contributed by atoms with Crippen LogP contribution in [-0.4, -0.2) is 46.0 Å². The van der Waals surface area contributed by atoms with Gasteiger partial charge in [0.2, 0.25) is 11.6 Å². The first kappa shape index (κ1) is 32.3. The monoisotopic (exact) mass is 558 g/mol. The predicted octanol–water partition coefficient (Wildman–Crippen LogP) is 5.51. The largest absolute Gasteiger partial charge is 0.463 e. The van der Waals surface area contributed by atoms with E-state index in [1.54, 1.807) is 0 Å². The van der Waals surface area contributed by atoms with Crippen LogP contribution in [0, 0.1) is 0 Å². The molecule has 2 heterocycles. The highest BCUT2D eigenvalue weighted by Crippen LogP contribution is 2.34. The van der Waals surface area contributed by atoms with E-state index in [-0.39, 0.29) is 11.1 Å². The number of hydrogen-bond acceptors (Lipinski definition) is 8. The number of fused-ring (bicyclic) bond motifs is 2. The van der Waals surface area contributed by atoms with Crippen LogP contribution in [0.5, 0.6) is 11.5 Å². The van der Waals surface area contributed by atoms with E-state index in [4.69, 9.17) is 18.9 Å². The SMILES string of the molecule is CC(C)(C)NCC(O)c1ccc2c(c1)COC(C)(C)O2.CC(C)(C)NC[C@H](O)c1ccc2c(c1)COC(C)(C)O2. The molecule has 2 aliphatic heterocycles. The highest BCUT2D eigenvalue weighted by Gasteiger charge is 2.29. The molecule has 4 rings (SSSR count). The Hall–Kier alpha value is -2.20. The van der Waals surface area contributed by atoms with Gasteiger partial charge in [-0.25, -0.2) is 0 Å². The van der Waals surface area contributed by atoms with Crippen LogP contribution in [-0.2, 0) is 22.7 Å². The minimum absolute atomic E-state index is 0.00850. The van der Waals surface area contributed by atoms with Gasteiger partial charge in [-0.1, -0.05) is 12.1 Å². The first-order valence-corrected chi connectivity index (χ1v) is 14.1. The van der Waals surface area contributed by atoms with Gasteiger partial charge in [-0.15, -0.1) is 0 Å². The lowest BCUT2D eigenvalue weighted by molar-refractivity contribution is -0.180. The van der Waals surface area contributed by atoms with Gasteiger partial charge in [0, 0.05) is 63.0 Å². The van der Waals surface area contributed by atoms with Crippen LogP contribution in [0.4, 0.5) is 0 Å². The standard InChI is InChI=1S/2C16H25NO3/c2*1-15(2,3)17-9-13(18)11-6-7-14-12(8-11)10-19-16(4,5)20-14/h2*6-8,13,17-18H,9-10H2,1-5H3/t13-;/m0./s1. The van der Waals surface area contributed by atoms with E-state index < -0.39 is 23.8 Å². The fourth-order valence-electron chi connectivity index (χ4n) is 4.17. The number of benzene rings is 2. The molecule has 0 saturated carbocycles. The third-order valence-electron chi connectivity index (χ3n) is 6.45. The minimum atomic E-state index is -0.582. The Morgan fingerprint density at radius 3 is 1.35 bits per heavy atom. The maximum atomic E-state index is 10.2. The molecule has 0 spiro atoms. The molecule has 0 aromatic heterocycles. The van der Waals surface area contributed by atoms with E-state index in [9.17, 15) is 10.2 Å². The summed E-state index contributed by atoms with van der Waals surface area (Å²) in [6.07, 6.45) is -1.07. The molecule has 2 aromatic carbocycles. The molecule has 2 aromatic rings. The van der Waals surface area contributed by atoms with Gasteiger partial charge in [0.15, 0.2) is 0 Å². The zero-order valence-corrected chi connectivity index (χ0v) is 26.0. The lowest BCUT2D eigenvalue weighted by Crippen LogP contribution is -2.38. The van der Waals surface area contributed by atoms with Crippen LogP contribution in [0.15, 0.2) is 36.4 Å². The molecule has 0 fully saturated rings. The number of nitrogens with one attached hydrogen (secondary N) is 2. The van der Waals surface area contributed by atoms with Crippen molar-refractivity contribution in [2.24, 2.45) is 0 Å². The maximum Gasteiger partial charge on any atom is 0.205 e. The molecule has 0 amide bonds. The molecule has 2 aliphatic rings. The summed E-state index contributed by atoms with van der Waals surface area (Å²) in [5.41, 5.74) is 3.71. The van der Waals surface area contributed by atoms with Crippen LogP contribution >= 0.6 is 0 Å². The van der Waals surface area contributed by atoms with Gasteiger partial charge in [-0.3, -0.25) is 0 Å². The molecule has 1 unspecified atom stereocenters. The molecule has 8 heteroatoms. The summed E-state index contributed by atoms with van der Waals surface area (Å²) in [5, 5.41) is 27.1. The molecule has 224 valence electrons. The van der Waals surface area contributed by atoms with Crippen molar-refractivity contribution in [2.75, 3.05) is 13.1 Å². The minimum Gasteiger partial charge on any atom is -0.463 e. The smallest absolute Gasteiger partial charge is 0.205 e. The zero-order chi connectivity index (χ0) is 29.9. The molecule has 0 radical (unpaired) electrons. The van der Waals surface area contributed by atoms with Crippen molar-refractivity contribution in [1.82, 2.24) is 10.6 Å². The van der Waals surface area contributed by atoms with Gasteiger partial charge in [-0.05, 0) is 76.9 Å². The third kappa shape index (κ3) is 10.0. The quantitative estimate of drug-likeness (QED) is 0.368. The van der Waals surface area contributed by atoms with Crippen LogP contribution in [0.3, 0.4) is 0 Å². The fraction of sp³-hybridized carbons (Fsp3) is 0.625. The predicted molar refractivity (Wildman–Crippen MR) is 157 cm³/mol. The first-order valence-electron chi connectivity index (χ1n) is 14.1. The van der Waals surface area contributed by atoms with Crippen LogP contribution in [0.25, 0.3) is 0 Å². The molecule has 0 bridgehead atoms. The second kappa shape index (κ2) is 12.3. The number of rotatable bonds is 6. The second-order valence-corrected chi connectivity index (χ2v) is 13.6. The van der Waals surface area contributed by atoms with Crippen LogP contribution in [0.1, 0.15) is 104 Å². The van der Waals surface area contributed by atoms with Crippen molar-refractivity contribution < 1.29 is 29.2 Å². The van der Waals surface area contributed by atoms with E-state index in [1.165, 1.54) is 0 Å². The lowest BCUT2D eigenvalue weighted by atomic mass is 10.0. The molecule has 4 N–H and O–H groups in total. The third-order valence-corrected chi connectivity index (χ3v) is 6.45. The molecule has 40 heavy (non-hydrogen) atoms. The number of aliphatic hydroxyl groups is 2. The van der Waals surface area contributed by atoms with E-state index >= 15 is 0 Å². The van der Waals surface area contributed by atoms with Crippen molar-refractivity contribution in [3.05, 3.63) is 58.7 Å². The molecule has 2 atom stereocenters. The van der Waals surface area contributed by atoms with Gasteiger partial charge >= 0.3 is 0 Å². The number of aliphatic hydroxyl groups excluding tert-OH is 2. The maximum absolute atomic E-state index is 10.2. The fourth-order valence-corrected chi connectivity index (χ4v) is 4.17. The number of ether oxygens (including phenoxy) is 4. The summed E-state index contributed by atoms with van der Waals surface area (Å²) >= 11 is 0. The number of β-amino-alcohol motifs (C(OH)–C–C–N with tert-alkyl or cyclic N) is 2. The number of hydrogen-bond donors (Lipinski definition) is 4. The molecular weight excluding hydrogens is 508 g/mol. The second-order valence-electron chi connectivity index (χ2n) is 13.6. The Kier molecular flexibility index (Phi) is 9.98. The van der Waals surface area contributed by atoms with E-state index in [0.717, 1.165) is 33.8 Å². The van der Waals surface area contributed by atoms with Crippen LogP contribution in [0.2, 0.25) is 0 Å². The summed E-state index contributed by atoms with van der Waals surface area (Å²) in [7, 11) is 0. The Morgan fingerprint density at radius 1 is 0.675 bits per heavy atom. The van der Waals surface area contributed by atoms with Gasteiger partial charge in [0.25, 0.3) is 0 Å². The topological polar surface area (TPSA) is 101 Å².